The maximum absolute atomic E-state index is 13.2. The van der Waals surface area contributed by atoms with Crippen molar-refractivity contribution in [3.05, 3.63) is 59.7 Å². The van der Waals surface area contributed by atoms with Crippen LogP contribution in [-0.2, 0) is 21.5 Å². The number of aryl methyl sites for hydroxylation is 1. The second-order valence-electron chi connectivity index (χ2n) is 8.99. The molecule has 0 radical (unpaired) electrons. The molecule has 32 heavy (non-hydrogen) atoms. The van der Waals surface area contributed by atoms with Gasteiger partial charge >= 0.3 is 6.03 Å². The van der Waals surface area contributed by atoms with E-state index in [0.717, 1.165) is 28.1 Å². The largest absolute Gasteiger partial charge is 0.382 e. The van der Waals surface area contributed by atoms with Crippen molar-refractivity contribution in [2.24, 2.45) is 0 Å². The molecule has 1 heterocycles. The first-order valence-electron chi connectivity index (χ1n) is 11.4. The van der Waals surface area contributed by atoms with Crippen LogP contribution in [-0.4, -0.2) is 35.3 Å². The number of hydrogen-bond acceptors (Lipinski definition) is 4. The number of carbonyl (C=O) groups is 3. The van der Waals surface area contributed by atoms with Gasteiger partial charge in [0.15, 0.2) is 0 Å². The van der Waals surface area contributed by atoms with Crippen LogP contribution in [0, 0.1) is 0 Å². The first kappa shape index (κ1) is 20.5. The minimum atomic E-state index is -1.04. The Bertz CT molecular complexity index is 1050. The smallest absolute Gasteiger partial charge is 0.325 e. The normalized spacial score (nSPS) is 22.7. The summed E-state index contributed by atoms with van der Waals surface area (Å²) >= 11 is 0. The van der Waals surface area contributed by atoms with Gasteiger partial charge in [-0.3, -0.25) is 14.5 Å². The molecule has 2 aromatic carbocycles. The van der Waals surface area contributed by atoms with Crippen molar-refractivity contribution >= 4 is 29.2 Å². The van der Waals surface area contributed by atoms with Gasteiger partial charge in [-0.15, -0.1) is 0 Å². The van der Waals surface area contributed by atoms with Crippen LogP contribution in [0.4, 0.5) is 16.2 Å². The Morgan fingerprint density at radius 1 is 1.00 bits per heavy atom. The fourth-order valence-corrected chi connectivity index (χ4v) is 5.21. The van der Waals surface area contributed by atoms with Crippen molar-refractivity contribution in [3.8, 4) is 0 Å². The number of urea groups is 1. The topological polar surface area (TPSA) is 90.5 Å². The van der Waals surface area contributed by atoms with Gasteiger partial charge in [0.2, 0.25) is 5.91 Å². The molecule has 1 unspecified atom stereocenters. The SMILES string of the molecule is O=C(CN1C(=O)NC2(CCc3ccccc32)C1=O)Nc1ccc(NC2CCCCC2)cc1. The molecule has 1 atom stereocenters. The lowest BCUT2D eigenvalue weighted by Gasteiger charge is -2.24. The van der Waals surface area contributed by atoms with Gasteiger partial charge in [0.05, 0.1) is 0 Å². The van der Waals surface area contributed by atoms with E-state index in [0.29, 0.717) is 18.2 Å². The van der Waals surface area contributed by atoms with Gasteiger partial charge in [0.25, 0.3) is 5.91 Å². The Labute approximate surface area is 187 Å². The molecule has 1 saturated heterocycles. The molecule has 0 bridgehead atoms. The van der Waals surface area contributed by atoms with E-state index in [1.54, 1.807) is 0 Å². The number of nitrogens with zero attached hydrogens (tertiary/aromatic N) is 1. The maximum Gasteiger partial charge on any atom is 0.325 e. The highest BCUT2D eigenvalue weighted by Crippen LogP contribution is 2.41. The predicted molar refractivity (Wildman–Crippen MR) is 122 cm³/mol. The lowest BCUT2D eigenvalue weighted by molar-refractivity contribution is -0.134. The monoisotopic (exact) mass is 432 g/mol. The van der Waals surface area contributed by atoms with E-state index in [1.165, 1.54) is 32.1 Å². The average molecular weight is 433 g/mol. The fraction of sp³-hybridized carbons (Fsp3) is 0.400. The second kappa shape index (κ2) is 8.30. The Hall–Kier alpha value is -3.35. The van der Waals surface area contributed by atoms with Gasteiger partial charge in [-0.1, -0.05) is 43.5 Å². The van der Waals surface area contributed by atoms with Crippen molar-refractivity contribution in [1.82, 2.24) is 10.2 Å². The summed E-state index contributed by atoms with van der Waals surface area (Å²) < 4.78 is 0. The summed E-state index contributed by atoms with van der Waals surface area (Å²) in [4.78, 5) is 39.4. The lowest BCUT2D eigenvalue weighted by Crippen LogP contribution is -2.42. The molecule has 166 valence electrons. The molecule has 5 rings (SSSR count). The van der Waals surface area contributed by atoms with Crippen LogP contribution in [0.5, 0.6) is 0 Å². The Morgan fingerprint density at radius 3 is 2.50 bits per heavy atom. The van der Waals surface area contributed by atoms with E-state index < -0.39 is 17.5 Å². The molecule has 2 aliphatic carbocycles. The number of benzene rings is 2. The quantitative estimate of drug-likeness (QED) is 0.628. The van der Waals surface area contributed by atoms with Crippen LogP contribution in [0.3, 0.4) is 0 Å². The van der Waals surface area contributed by atoms with Crippen LogP contribution in [0.15, 0.2) is 48.5 Å². The van der Waals surface area contributed by atoms with Crippen LogP contribution >= 0.6 is 0 Å². The molecule has 4 amide bonds. The minimum Gasteiger partial charge on any atom is -0.382 e. The Morgan fingerprint density at radius 2 is 1.72 bits per heavy atom. The van der Waals surface area contributed by atoms with E-state index in [9.17, 15) is 14.4 Å². The average Bonchev–Trinajstić information content (AvgIpc) is 3.29. The summed E-state index contributed by atoms with van der Waals surface area (Å²) in [6.07, 6.45) is 7.47. The van der Waals surface area contributed by atoms with E-state index >= 15 is 0 Å². The summed E-state index contributed by atoms with van der Waals surface area (Å²) in [6, 6.07) is 15.2. The predicted octanol–water partition coefficient (Wildman–Crippen LogP) is 3.76. The molecule has 1 saturated carbocycles. The van der Waals surface area contributed by atoms with Crippen molar-refractivity contribution in [2.75, 3.05) is 17.2 Å². The van der Waals surface area contributed by atoms with Gasteiger partial charge in [-0.2, -0.15) is 0 Å². The van der Waals surface area contributed by atoms with E-state index in [-0.39, 0.29) is 12.5 Å². The third-order valence-electron chi connectivity index (χ3n) is 6.87. The van der Waals surface area contributed by atoms with Gasteiger partial charge in [0.1, 0.15) is 12.1 Å². The number of amides is 4. The number of nitrogens with one attached hydrogen (secondary N) is 3. The molecular formula is C25H28N4O3. The summed E-state index contributed by atoms with van der Waals surface area (Å²) in [7, 11) is 0. The van der Waals surface area contributed by atoms with Crippen LogP contribution in [0.1, 0.15) is 49.7 Å². The third kappa shape index (κ3) is 3.72. The van der Waals surface area contributed by atoms with Crippen molar-refractivity contribution in [1.29, 1.82) is 0 Å². The van der Waals surface area contributed by atoms with E-state index in [1.807, 2.05) is 48.5 Å². The van der Waals surface area contributed by atoms with Gasteiger partial charge in [-0.25, -0.2) is 4.79 Å². The van der Waals surface area contributed by atoms with E-state index in [4.69, 9.17) is 0 Å². The molecule has 2 fully saturated rings. The molecule has 3 N–H and O–H groups in total. The van der Waals surface area contributed by atoms with Crippen molar-refractivity contribution in [3.63, 3.8) is 0 Å². The number of fused-ring (bicyclic) bond motifs is 2. The number of carbonyl (C=O) groups excluding carboxylic acids is 3. The van der Waals surface area contributed by atoms with Crippen molar-refractivity contribution < 1.29 is 14.4 Å². The maximum atomic E-state index is 13.2. The molecule has 7 nitrogen and oxygen atoms in total. The first-order chi connectivity index (χ1) is 15.5. The van der Waals surface area contributed by atoms with E-state index in [2.05, 4.69) is 16.0 Å². The number of rotatable bonds is 5. The molecule has 0 aromatic heterocycles. The summed E-state index contributed by atoms with van der Waals surface area (Å²) in [5.41, 5.74) is 2.53. The zero-order chi connectivity index (χ0) is 22.1. The summed E-state index contributed by atoms with van der Waals surface area (Å²) in [5, 5.41) is 9.20. The zero-order valence-electron chi connectivity index (χ0n) is 18.0. The first-order valence-corrected chi connectivity index (χ1v) is 11.4. The minimum absolute atomic E-state index is 0.309. The molecule has 3 aliphatic rings. The van der Waals surface area contributed by atoms with Gasteiger partial charge < -0.3 is 16.0 Å². The standard InChI is InChI=1S/C25H28N4O3/c30-22(27-20-12-10-19(11-13-20)26-18-7-2-1-3-8-18)16-29-23(31)25(28-24(29)32)15-14-17-6-4-5-9-21(17)25/h4-6,9-13,18,26H,1-3,7-8,14-16H2,(H,27,30)(H,28,32). The summed E-state index contributed by atoms with van der Waals surface area (Å²) in [6.45, 7) is -0.309. The second-order valence-corrected chi connectivity index (χ2v) is 8.99. The van der Waals surface area contributed by atoms with Crippen molar-refractivity contribution in [2.45, 2.75) is 56.5 Å². The number of hydrogen-bond donors (Lipinski definition) is 3. The van der Waals surface area contributed by atoms with Gasteiger partial charge in [-0.05, 0) is 61.1 Å². The fourth-order valence-electron chi connectivity index (χ4n) is 5.21. The van der Waals surface area contributed by atoms with Gasteiger partial charge in [0, 0.05) is 17.4 Å². The zero-order valence-corrected chi connectivity index (χ0v) is 18.0. The molecule has 1 spiro atoms. The van der Waals surface area contributed by atoms with Crippen LogP contribution in [0.2, 0.25) is 0 Å². The van der Waals surface area contributed by atoms with Crippen LogP contribution < -0.4 is 16.0 Å². The highest BCUT2D eigenvalue weighted by atomic mass is 16.2. The third-order valence-corrected chi connectivity index (χ3v) is 6.87. The Kier molecular flexibility index (Phi) is 5.33. The highest BCUT2D eigenvalue weighted by Gasteiger charge is 2.55. The molecule has 7 heteroatoms. The Balaban J connectivity index is 1.21. The number of imide groups is 1. The summed E-state index contributed by atoms with van der Waals surface area (Å²) in [5.74, 6) is -0.751. The molecule has 1 aliphatic heterocycles. The lowest BCUT2D eigenvalue weighted by atomic mass is 9.92. The highest BCUT2D eigenvalue weighted by molar-refractivity contribution is 6.10. The molecular weight excluding hydrogens is 404 g/mol. The molecule has 2 aromatic rings. The number of anilines is 2. The van der Waals surface area contributed by atoms with Crippen LogP contribution in [0.25, 0.3) is 0 Å².